The highest BCUT2D eigenvalue weighted by Crippen LogP contribution is 2.26. The van der Waals surface area contributed by atoms with Gasteiger partial charge in [0.1, 0.15) is 5.75 Å². The summed E-state index contributed by atoms with van der Waals surface area (Å²) in [7, 11) is 0. The van der Waals surface area contributed by atoms with Crippen molar-refractivity contribution >= 4 is 23.2 Å². The maximum absolute atomic E-state index is 10.7. The average molecular weight is 319 g/mol. The number of ether oxygens (including phenoxy) is 1. The van der Waals surface area contributed by atoms with E-state index in [1.54, 1.807) is 6.07 Å². The number of amides is 1. The number of anilines is 1. The lowest BCUT2D eigenvalue weighted by Gasteiger charge is -2.11. The van der Waals surface area contributed by atoms with Crippen LogP contribution < -0.4 is 15.8 Å². The van der Waals surface area contributed by atoms with E-state index in [4.69, 9.17) is 22.1 Å². The van der Waals surface area contributed by atoms with Gasteiger partial charge in [0, 0.05) is 12.2 Å². The molecule has 22 heavy (non-hydrogen) atoms. The average Bonchev–Trinajstić information content (AvgIpc) is 2.47. The molecule has 0 aliphatic heterocycles. The highest BCUT2D eigenvalue weighted by molar-refractivity contribution is 6.32. The van der Waals surface area contributed by atoms with Crippen LogP contribution in [-0.2, 0) is 11.3 Å². The standard InChI is InChI=1S/C17H19ClN2O2/c1-11-3-5-14(7-12(11)2)20-9-13-4-6-16(15(18)8-13)22-10-17(19)21/h3-8,20H,9-10H2,1-2H3,(H2,19,21). The third-order valence-electron chi connectivity index (χ3n) is 3.37. The summed E-state index contributed by atoms with van der Waals surface area (Å²) in [4.78, 5) is 10.7. The Labute approximate surface area is 135 Å². The van der Waals surface area contributed by atoms with Gasteiger partial charge in [0.2, 0.25) is 0 Å². The molecule has 0 heterocycles. The van der Waals surface area contributed by atoms with E-state index < -0.39 is 5.91 Å². The van der Waals surface area contributed by atoms with Crippen LogP contribution in [0.5, 0.6) is 5.75 Å². The molecule has 1 amide bonds. The first-order chi connectivity index (χ1) is 10.5. The van der Waals surface area contributed by atoms with Gasteiger partial charge in [-0.2, -0.15) is 0 Å². The molecular weight excluding hydrogens is 300 g/mol. The number of carbonyl (C=O) groups excluding carboxylic acids is 1. The SMILES string of the molecule is Cc1ccc(NCc2ccc(OCC(N)=O)c(Cl)c2)cc1C. The zero-order chi connectivity index (χ0) is 16.1. The molecule has 0 bridgehead atoms. The highest BCUT2D eigenvalue weighted by atomic mass is 35.5. The van der Waals surface area contributed by atoms with E-state index in [0.29, 0.717) is 17.3 Å². The molecule has 0 aliphatic carbocycles. The molecule has 2 aromatic rings. The number of primary amides is 1. The van der Waals surface area contributed by atoms with Gasteiger partial charge in [-0.3, -0.25) is 4.79 Å². The second-order valence-electron chi connectivity index (χ2n) is 5.17. The Morgan fingerprint density at radius 1 is 1.18 bits per heavy atom. The van der Waals surface area contributed by atoms with Crippen LogP contribution in [0.3, 0.4) is 0 Å². The fourth-order valence-electron chi connectivity index (χ4n) is 1.98. The molecule has 2 aromatic carbocycles. The van der Waals surface area contributed by atoms with Gasteiger partial charge in [-0.05, 0) is 54.8 Å². The van der Waals surface area contributed by atoms with Crippen LogP contribution in [0.2, 0.25) is 5.02 Å². The third-order valence-corrected chi connectivity index (χ3v) is 3.67. The van der Waals surface area contributed by atoms with Crippen LogP contribution in [0.1, 0.15) is 16.7 Å². The molecule has 0 unspecified atom stereocenters. The Morgan fingerprint density at radius 3 is 2.59 bits per heavy atom. The molecule has 5 heteroatoms. The van der Waals surface area contributed by atoms with Crippen LogP contribution in [0.15, 0.2) is 36.4 Å². The monoisotopic (exact) mass is 318 g/mol. The quantitative estimate of drug-likeness (QED) is 0.857. The van der Waals surface area contributed by atoms with Gasteiger partial charge >= 0.3 is 0 Å². The van der Waals surface area contributed by atoms with E-state index in [-0.39, 0.29) is 6.61 Å². The zero-order valence-electron chi connectivity index (χ0n) is 12.7. The lowest BCUT2D eigenvalue weighted by Crippen LogP contribution is -2.20. The molecule has 0 fully saturated rings. The second kappa shape index (κ2) is 7.18. The molecule has 116 valence electrons. The summed E-state index contributed by atoms with van der Waals surface area (Å²) in [5, 5.41) is 3.81. The number of benzene rings is 2. The van der Waals surface area contributed by atoms with Crippen LogP contribution in [0.4, 0.5) is 5.69 Å². The van der Waals surface area contributed by atoms with Crippen LogP contribution in [0.25, 0.3) is 0 Å². The van der Waals surface area contributed by atoms with Gasteiger partial charge in [0.25, 0.3) is 5.91 Å². The lowest BCUT2D eigenvalue weighted by molar-refractivity contribution is -0.119. The fraction of sp³-hybridized carbons (Fsp3) is 0.235. The first-order valence-electron chi connectivity index (χ1n) is 6.96. The summed E-state index contributed by atoms with van der Waals surface area (Å²) in [6.07, 6.45) is 0. The summed E-state index contributed by atoms with van der Waals surface area (Å²) in [6.45, 7) is 4.64. The summed E-state index contributed by atoms with van der Waals surface area (Å²) < 4.78 is 5.22. The summed E-state index contributed by atoms with van der Waals surface area (Å²) >= 11 is 6.14. The minimum Gasteiger partial charge on any atom is -0.482 e. The van der Waals surface area contributed by atoms with Crippen molar-refractivity contribution in [3.63, 3.8) is 0 Å². The number of nitrogens with one attached hydrogen (secondary N) is 1. The number of hydrogen-bond acceptors (Lipinski definition) is 3. The van der Waals surface area contributed by atoms with E-state index >= 15 is 0 Å². The molecule has 0 atom stereocenters. The van der Waals surface area contributed by atoms with E-state index in [2.05, 4.69) is 31.3 Å². The van der Waals surface area contributed by atoms with Crippen LogP contribution in [0, 0.1) is 13.8 Å². The Morgan fingerprint density at radius 2 is 1.95 bits per heavy atom. The zero-order valence-corrected chi connectivity index (χ0v) is 13.4. The number of carbonyl (C=O) groups is 1. The molecule has 0 aromatic heterocycles. The van der Waals surface area contributed by atoms with Crippen molar-refractivity contribution in [2.24, 2.45) is 5.73 Å². The lowest BCUT2D eigenvalue weighted by atomic mass is 10.1. The summed E-state index contributed by atoms with van der Waals surface area (Å²) in [5.74, 6) is -0.0769. The van der Waals surface area contributed by atoms with Crippen molar-refractivity contribution in [1.82, 2.24) is 0 Å². The number of aryl methyl sites for hydroxylation is 2. The molecule has 0 radical (unpaired) electrons. The number of halogens is 1. The minimum absolute atomic E-state index is 0.181. The molecular formula is C17H19ClN2O2. The van der Waals surface area contributed by atoms with Crippen molar-refractivity contribution in [2.45, 2.75) is 20.4 Å². The van der Waals surface area contributed by atoms with Crippen molar-refractivity contribution in [3.05, 3.63) is 58.1 Å². The van der Waals surface area contributed by atoms with Gasteiger partial charge < -0.3 is 15.8 Å². The van der Waals surface area contributed by atoms with Gasteiger partial charge in [-0.15, -0.1) is 0 Å². The summed E-state index contributed by atoms with van der Waals surface area (Å²) in [6, 6.07) is 11.7. The molecule has 4 nitrogen and oxygen atoms in total. The van der Waals surface area contributed by atoms with Gasteiger partial charge in [-0.1, -0.05) is 23.7 Å². The van der Waals surface area contributed by atoms with Crippen molar-refractivity contribution in [2.75, 3.05) is 11.9 Å². The maximum atomic E-state index is 10.7. The highest BCUT2D eigenvalue weighted by Gasteiger charge is 2.05. The maximum Gasteiger partial charge on any atom is 0.255 e. The van der Waals surface area contributed by atoms with E-state index in [0.717, 1.165) is 11.3 Å². The van der Waals surface area contributed by atoms with Crippen molar-refractivity contribution in [1.29, 1.82) is 0 Å². The van der Waals surface area contributed by atoms with Crippen molar-refractivity contribution < 1.29 is 9.53 Å². The Balaban J connectivity index is 1.99. The molecule has 2 rings (SSSR count). The Bertz CT molecular complexity index is 686. The molecule has 3 N–H and O–H groups in total. The van der Waals surface area contributed by atoms with Crippen LogP contribution >= 0.6 is 11.6 Å². The Kier molecular flexibility index (Phi) is 5.28. The number of hydrogen-bond donors (Lipinski definition) is 2. The van der Waals surface area contributed by atoms with Crippen molar-refractivity contribution in [3.8, 4) is 5.75 Å². The molecule has 0 spiro atoms. The largest absolute Gasteiger partial charge is 0.482 e. The van der Waals surface area contributed by atoms with E-state index in [9.17, 15) is 4.79 Å². The number of rotatable bonds is 6. The molecule has 0 saturated carbocycles. The van der Waals surface area contributed by atoms with Gasteiger partial charge in [-0.25, -0.2) is 0 Å². The van der Waals surface area contributed by atoms with E-state index in [1.807, 2.05) is 18.2 Å². The van der Waals surface area contributed by atoms with Gasteiger partial charge in [0.15, 0.2) is 6.61 Å². The van der Waals surface area contributed by atoms with E-state index in [1.165, 1.54) is 11.1 Å². The predicted octanol–water partition coefficient (Wildman–Crippen LogP) is 3.43. The first-order valence-corrected chi connectivity index (χ1v) is 7.34. The fourth-order valence-corrected chi connectivity index (χ4v) is 2.23. The van der Waals surface area contributed by atoms with Gasteiger partial charge in [0.05, 0.1) is 5.02 Å². The predicted molar refractivity (Wildman–Crippen MR) is 89.4 cm³/mol. The number of nitrogens with two attached hydrogens (primary N) is 1. The summed E-state index contributed by atoms with van der Waals surface area (Å²) in [5.41, 5.74) is 9.64. The normalized spacial score (nSPS) is 10.3. The molecule has 0 aliphatic rings. The molecule has 0 saturated heterocycles. The third kappa shape index (κ3) is 4.40. The smallest absolute Gasteiger partial charge is 0.255 e. The topological polar surface area (TPSA) is 64.3 Å². The minimum atomic E-state index is -0.531. The Hall–Kier alpha value is -2.20. The van der Waals surface area contributed by atoms with Crippen LogP contribution in [-0.4, -0.2) is 12.5 Å². The first kappa shape index (κ1) is 16.2. The second-order valence-corrected chi connectivity index (χ2v) is 5.58.